The summed E-state index contributed by atoms with van der Waals surface area (Å²) in [7, 11) is 0. The Balaban J connectivity index is 2.07. The molecule has 0 amide bonds. The monoisotopic (exact) mass is 196 g/mol. The molecular formula is C10H13FN2O. The Morgan fingerprint density at radius 3 is 2.86 bits per heavy atom. The van der Waals surface area contributed by atoms with Gasteiger partial charge in [0.05, 0.1) is 11.8 Å². The van der Waals surface area contributed by atoms with E-state index in [4.69, 9.17) is 0 Å². The van der Waals surface area contributed by atoms with Gasteiger partial charge in [0, 0.05) is 24.5 Å². The molecule has 0 aliphatic heterocycles. The molecule has 1 fully saturated rings. The maximum Gasteiger partial charge on any atom is 0.127 e. The predicted octanol–water partition coefficient (Wildman–Crippen LogP) is 1.44. The molecule has 1 aliphatic rings. The highest BCUT2D eigenvalue weighted by Gasteiger charge is 2.30. The lowest BCUT2D eigenvalue weighted by molar-refractivity contribution is 0.0363. The number of aliphatic hydroxyl groups is 1. The van der Waals surface area contributed by atoms with Crippen molar-refractivity contribution in [2.24, 2.45) is 0 Å². The van der Waals surface area contributed by atoms with Gasteiger partial charge in [-0.3, -0.25) is 9.97 Å². The van der Waals surface area contributed by atoms with Gasteiger partial charge in [-0.05, 0) is 19.3 Å². The summed E-state index contributed by atoms with van der Waals surface area (Å²) in [6.07, 6.45) is 4.66. The molecule has 76 valence electrons. The van der Waals surface area contributed by atoms with Crippen LogP contribution in [0.3, 0.4) is 0 Å². The molecule has 0 unspecified atom stereocenters. The molecule has 0 spiro atoms. The normalized spacial score (nSPS) is 32.9. The van der Waals surface area contributed by atoms with E-state index >= 15 is 0 Å². The molecule has 1 saturated carbocycles. The zero-order valence-corrected chi connectivity index (χ0v) is 7.81. The fraction of sp³-hybridized carbons (Fsp3) is 0.600. The molecule has 3 atom stereocenters. The second-order valence-corrected chi connectivity index (χ2v) is 3.72. The number of halogens is 1. The first-order valence-electron chi connectivity index (χ1n) is 4.85. The highest BCUT2D eigenvalue weighted by atomic mass is 19.1. The third-order valence-electron chi connectivity index (χ3n) is 2.74. The zero-order chi connectivity index (χ0) is 9.97. The van der Waals surface area contributed by atoms with Gasteiger partial charge in [0.2, 0.25) is 0 Å². The van der Waals surface area contributed by atoms with Gasteiger partial charge in [-0.1, -0.05) is 0 Å². The van der Waals surface area contributed by atoms with Crippen LogP contribution >= 0.6 is 0 Å². The van der Waals surface area contributed by atoms with Crippen LogP contribution in [0.2, 0.25) is 0 Å². The van der Waals surface area contributed by atoms with E-state index in [1.807, 2.05) is 0 Å². The van der Waals surface area contributed by atoms with E-state index < -0.39 is 12.3 Å². The smallest absolute Gasteiger partial charge is 0.127 e. The standard InChI is InChI=1S/C10H13FN2O/c11-8-5-7(1-2-10(8)14)9-6-12-3-4-13-9/h3-4,6-8,10,14H,1-2,5H2/t7-,8-,10+/m1/s1. The van der Waals surface area contributed by atoms with Crippen molar-refractivity contribution < 1.29 is 9.50 Å². The Hall–Kier alpha value is -1.03. The Labute approximate surface area is 82.0 Å². The van der Waals surface area contributed by atoms with Gasteiger partial charge in [0.1, 0.15) is 6.17 Å². The number of nitrogens with zero attached hydrogens (tertiary/aromatic N) is 2. The zero-order valence-electron chi connectivity index (χ0n) is 7.81. The first-order chi connectivity index (χ1) is 6.77. The second kappa shape index (κ2) is 4.00. The Kier molecular flexibility index (Phi) is 2.72. The first kappa shape index (κ1) is 9.52. The second-order valence-electron chi connectivity index (χ2n) is 3.72. The van der Waals surface area contributed by atoms with E-state index in [0.29, 0.717) is 12.8 Å². The van der Waals surface area contributed by atoms with Crippen molar-refractivity contribution in [1.82, 2.24) is 9.97 Å². The number of hydrogen-bond acceptors (Lipinski definition) is 3. The van der Waals surface area contributed by atoms with Crippen LogP contribution in [0.15, 0.2) is 18.6 Å². The molecule has 0 aromatic carbocycles. The summed E-state index contributed by atoms with van der Waals surface area (Å²) in [5.74, 6) is 0.113. The predicted molar refractivity (Wildman–Crippen MR) is 49.5 cm³/mol. The molecule has 1 aromatic heterocycles. The summed E-state index contributed by atoms with van der Waals surface area (Å²) in [6, 6.07) is 0. The third-order valence-corrected chi connectivity index (χ3v) is 2.74. The van der Waals surface area contributed by atoms with Crippen LogP contribution in [0, 0.1) is 0 Å². The number of aliphatic hydroxyl groups excluding tert-OH is 1. The van der Waals surface area contributed by atoms with Gasteiger partial charge in [-0.15, -0.1) is 0 Å². The number of alkyl halides is 1. The average molecular weight is 196 g/mol. The lowest BCUT2D eigenvalue weighted by Gasteiger charge is -2.27. The highest BCUT2D eigenvalue weighted by Crippen LogP contribution is 2.32. The van der Waals surface area contributed by atoms with Crippen LogP contribution in [-0.4, -0.2) is 27.4 Å². The first-order valence-corrected chi connectivity index (χ1v) is 4.85. The van der Waals surface area contributed by atoms with Gasteiger partial charge < -0.3 is 5.11 Å². The summed E-state index contributed by atoms with van der Waals surface area (Å²) < 4.78 is 13.2. The molecular weight excluding hydrogens is 183 g/mol. The summed E-state index contributed by atoms with van der Waals surface area (Å²) >= 11 is 0. The SMILES string of the molecule is O[C@H]1CC[C@@H](c2cnccn2)C[C@H]1F. The van der Waals surface area contributed by atoms with Gasteiger partial charge in [0.15, 0.2) is 0 Å². The topological polar surface area (TPSA) is 46.0 Å². The molecule has 1 heterocycles. The summed E-state index contributed by atoms with van der Waals surface area (Å²) in [5, 5.41) is 9.23. The number of rotatable bonds is 1. The van der Waals surface area contributed by atoms with Crippen molar-refractivity contribution in [2.75, 3.05) is 0 Å². The van der Waals surface area contributed by atoms with E-state index in [0.717, 1.165) is 12.1 Å². The van der Waals surface area contributed by atoms with Crippen LogP contribution in [0.4, 0.5) is 4.39 Å². The molecule has 4 heteroatoms. The van der Waals surface area contributed by atoms with Crippen molar-refractivity contribution >= 4 is 0 Å². The fourth-order valence-electron chi connectivity index (χ4n) is 1.89. The molecule has 0 saturated heterocycles. The highest BCUT2D eigenvalue weighted by molar-refractivity contribution is 5.06. The minimum absolute atomic E-state index is 0.113. The Morgan fingerprint density at radius 1 is 1.36 bits per heavy atom. The maximum absolute atomic E-state index is 13.2. The van der Waals surface area contributed by atoms with Crippen LogP contribution in [0.25, 0.3) is 0 Å². The van der Waals surface area contributed by atoms with Crippen molar-refractivity contribution in [3.05, 3.63) is 24.3 Å². The van der Waals surface area contributed by atoms with Crippen LogP contribution in [0.1, 0.15) is 30.9 Å². The third kappa shape index (κ3) is 1.90. The maximum atomic E-state index is 13.2. The number of hydrogen-bond donors (Lipinski definition) is 1. The lowest BCUT2D eigenvalue weighted by atomic mass is 9.84. The van der Waals surface area contributed by atoms with E-state index in [9.17, 15) is 9.50 Å². The minimum Gasteiger partial charge on any atom is -0.390 e. The molecule has 1 N–H and O–H groups in total. The van der Waals surface area contributed by atoms with E-state index in [2.05, 4.69) is 9.97 Å². The van der Waals surface area contributed by atoms with Gasteiger partial charge in [0.25, 0.3) is 0 Å². The van der Waals surface area contributed by atoms with E-state index in [-0.39, 0.29) is 5.92 Å². The Morgan fingerprint density at radius 2 is 2.21 bits per heavy atom. The van der Waals surface area contributed by atoms with Crippen molar-refractivity contribution in [2.45, 2.75) is 37.5 Å². The molecule has 2 rings (SSSR count). The van der Waals surface area contributed by atoms with Gasteiger partial charge in [-0.25, -0.2) is 4.39 Å². The average Bonchev–Trinajstić information content (AvgIpc) is 2.23. The minimum atomic E-state index is -1.12. The summed E-state index contributed by atoms with van der Waals surface area (Å²) in [5.41, 5.74) is 0.835. The Bertz CT molecular complexity index is 293. The number of aromatic nitrogens is 2. The summed E-state index contributed by atoms with van der Waals surface area (Å²) in [4.78, 5) is 8.11. The van der Waals surface area contributed by atoms with Gasteiger partial charge in [-0.2, -0.15) is 0 Å². The lowest BCUT2D eigenvalue weighted by Crippen LogP contribution is -2.29. The van der Waals surface area contributed by atoms with Crippen molar-refractivity contribution in [3.8, 4) is 0 Å². The quantitative estimate of drug-likeness (QED) is 0.739. The van der Waals surface area contributed by atoms with Gasteiger partial charge >= 0.3 is 0 Å². The van der Waals surface area contributed by atoms with Crippen LogP contribution < -0.4 is 0 Å². The molecule has 0 bridgehead atoms. The van der Waals surface area contributed by atoms with Crippen LogP contribution in [0.5, 0.6) is 0 Å². The largest absolute Gasteiger partial charge is 0.390 e. The van der Waals surface area contributed by atoms with E-state index in [1.54, 1.807) is 18.6 Å². The molecule has 1 aromatic rings. The molecule has 3 nitrogen and oxygen atoms in total. The molecule has 14 heavy (non-hydrogen) atoms. The van der Waals surface area contributed by atoms with E-state index in [1.165, 1.54) is 0 Å². The van der Waals surface area contributed by atoms with Crippen molar-refractivity contribution in [3.63, 3.8) is 0 Å². The molecule has 1 aliphatic carbocycles. The fourth-order valence-corrected chi connectivity index (χ4v) is 1.89. The summed E-state index contributed by atoms with van der Waals surface area (Å²) in [6.45, 7) is 0. The van der Waals surface area contributed by atoms with Crippen molar-refractivity contribution in [1.29, 1.82) is 0 Å². The molecule has 0 radical (unpaired) electrons. The van der Waals surface area contributed by atoms with Crippen LogP contribution in [-0.2, 0) is 0 Å².